The second-order valence-corrected chi connectivity index (χ2v) is 7.96. The lowest BCUT2D eigenvalue weighted by Crippen LogP contribution is -2.35. The number of amides is 2. The molecule has 1 atom stereocenters. The number of urea groups is 1. The van der Waals surface area contributed by atoms with E-state index in [0.717, 1.165) is 15.0 Å². The Morgan fingerprint density at radius 3 is 2.85 bits per heavy atom. The Hall–Kier alpha value is -0.850. The third-order valence-corrected chi connectivity index (χ3v) is 5.88. The molecule has 0 bridgehead atoms. The van der Waals surface area contributed by atoms with Gasteiger partial charge in [0.2, 0.25) is 0 Å². The molecular formula is C14H12Br2N2OS. The molecule has 104 valence electrons. The first kappa shape index (κ1) is 14.1. The standard InChI is InChI=1S/C14H12Br2N2OS/c1-18-6-9-4-8(2-3-11(9)17-14(18)19)13(16)10-5-12(15)20-7-10/h2-5,7,13H,6H2,1H3,(H,17,19). The lowest BCUT2D eigenvalue weighted by atomic mass is 10.0. The monoisotopic (exact) mass is 414 g/mol. The van der Waals surface area contributed by atoms with Crippen LogP contribution in [-0.4, -0.2) is 18.0 Å². The van der Waals surface area contributed by atoms with E-state index in [4.69, 9.17) is 0 Å². The van der Waals surface area contributed by atoms with Crippen LogP contribution in [0.1, 0.15) is 21.5 Å². The summed E-state index contributed by atoms with van der Waals surface area (Å²) in [6, 6.07) is 8.25. The van der Waals surface area contributed by atoms with Crippen molar-refractivity contribution in [1.82, 2.24) is 4.90 Å². The molecule has 6 heteroatoms. The molecule has 1 unspecified atom stereocenters. The summed E-state index contributed by atoms with van der Waals surface area (Å²) in [4.78, 5) is 13.4. The minimum Gasteiger partial charge on any atom is -0.323 e. The summed E-state index contributed by atoms with van der Waals surface area (Å²) in [6.07, 6.45) is 0. The molecule has 2 heterocycles. The minimum absolute atomic E-state index is 0.0533. The summed E-state index contributed by atoms with van der Waals surface area (Å²) >= 11 is 8.92. The van der Waals surface area contributed by atoms with E-state index in [1.165, 1.54) is 11.1 Å². The number of benzene rings is 1. The SMILES string of the molecule is CN1Cc2cc(C(Br)c3csc(Br)c3)ccc2NC1=O. The number of hydrogen-bond donors (Lipinski definition) is 1. The fraction of sp³-hybridized carbons (Fsp3) is 0.214. The number of carbonyl (C=O) groups is 1. The van der Waals surface area contributed by atoms with Crippen molar-refractivity contribution in [3.05, 3.63) is 50.1 Å². The van der Waals surface area contributed by atoms with E-state index >= 15 is 0 Å². The number of carbonyl (C=O) groups excluding carboxylic acids is 1. The fourth-order valence-corrected chi connectivity index (χ4v) is 4.14. The highest BCUT2D eigenvalue weighted by Gasteiger charge is 2.21. The second kappa shape index (κ2) is 5.50. The molecule has 1 aromatic carbocycles. The summed E-state index contributed by atoms with van der Waals surface area (Å²) in [5, 5.41) is 5.02. The molecule has 20 heavy (non-hydrogen) atoms. The second-order valence-electron chi connectivity index (χ2n) is 4.75. The molecule has 0 saturated heterocycles. The molecule has 0 saturated carbocycles. The van der Waals surface area contributed by atoms with Crippen molar-refractivity contribution >= 4 is 54.9 Å². The summed E-state index contributed by atoms with van der Waals surface area (Å²) in [5.41, 5.74) is 4.47. The van der Waals surface area contributed by atoms with E-state index in [1.807, 2.05) is 6.07 Å². The van der Waals surface area contributed by atoms with Gasteiger partial charge in [-0.15, -0.1) is 11.3 Å². The first-order chi connectivity index (χ1) is 9.54. The summed E-state index contributed by atoms with van der Waals surface area (Å²) in [7, 11) is 1.80. The molecule has 1 aromatic heterocycles. The van der Waals surface area contributed by atoms with Crippen molar-refractivity contribution in [2.24, 2.45) is 0 Å². The fourth-order valence-electron chi connectivity index (χ4n) is 2.21. The highest BCUT2D eigenvalue weighted by molar-refractivity contribution is 9.11. The third-order valence-electron chi connectivity index (χ3n) is 3.30. The van der Waals surface area contributed by atoms with Crippen molar-refractivity contribution < 1.29 is 4.79 Å². The number of nitrogens with zero attached hydrogens (tertiary/aromatic N) is 1. The van der Waals surface area contributed by atoms with E-state index in [-0.39, 0.29) is 10.9 Å². The molecule has 1 aliphatic rings. The van der Waals surface area contributed by atoms with Gasteiger partial charge >= 0.3 is 6.03 Å². The maximum atomic E-state index is 11.6. The molecular weight excluding hydrogens is 404 g/mol. The van der Waals surface area contributed by atoms with Gasteiger partial charge in [0.25, 0.3) is 0 Å². The zero-order valence-electron chi connectivity index (χ0n) is 10.7. The van der Waals surface area contributed by atoms with Crippen LogP contribution >= 0.6 is 43.2 Å². The van der Waals surface area contributed by atoms with E-state index in [2.05, 4.69) is 60.8 Å². The minimum atomic E-state index is -0.0533. The molecule has 2 amide bonds. The maximum Gasteiger partial charge on any atom is 0.321 e. The zero-order chi connectivity index (χ0) is 14.3. The summed E-state index contributed by atoms with van der Waals surface area (Å²) in [6.45, 7) is 0.641. The van der Waals surface area contributed by atoms with Crippen LogP contribution in [-0.2, 0) is 6.54 Å². The van der Waals surface area contributed by atoms with Crippen LogP contribution in [0.25, 0.3) is 0 Å². The normalized spacial score (nSPS) is 15.8. The van der Waals surface area contributed by atoms with Crippen molar-refractivity contribution in [2.45, 2.75) is 11.4 Å². The topological polar surface area (TPSA) is 32.3 Å². The smallest absolute Gasteiger partial charge is 0.321 e. The molecule has 0 fully saturated rings. The molecule has 0 radical (unpaired) electrons. The van der Waals surface area contributed by atoms with E-state index in [1.54, 1.807) is 23.3 Å². The number of rotatable bonds is 2. The number of alkyl halides is 1. The third kappa shape index (κ3) is 2.64. The van der Waals surface area contributed by atoms with E-state index in [9.17, 15) is 4.79 Å². The average Bonchev–Trinajstić information content (AvgIpc) is 2.85. The molecule has 0 aliphatic carbocycles. The van der Waals surface area contributed by atoms with Gasteiger partial charge in [0.15, 0.2) is 0 Å². The lowest BCUT2D eigenvalue weighted by Gasteiger charge is -2.26. The molecule has 1 aliphatic heterocycles. The van der Waals surface area contributed by atoms with Crippen molar-refractivity contribution in [3.63, 3.8) is 0 Å². The summed E-state index contributed by atoms with van der Waals surface area (Å²) in [5.74, 6) is 0. The van der Waals surface area contributed by atoms with Gasteiger partial charge < -0.3 is 10.2 Å². The number of nitrogens with one attached hydrogen (secondary N) is 1. The number of anilines is 1. The molecule has 1 N–H and O–H groups in total. The summed E-state index contributed by atoms with van der Waals surface area (Å²) < 4.78 is 1.13. The van der Waals surface area contributed by atoms with Crippen LogP contribution in [0.3, 0.4) is 0 Å². The van der Waals surface area contributed by atoms with Gasteiger partial charge in [0.05, 0.1) is 8.61 Å². The number of hydrogen-bond acceptors (Lipinski definition) is 2. The number of thiophene rings is 1. The molecule has 3 rings (SSSR count). The van der Waals surface area contributed by atoms with E-state index < -0.39 is 0 Å². The number of fused-ring (bicyclic) bond motifs is 1. The maximum absolute atomic E-state index is 11.6. The Bertz CT molecular complexity index is 671. The predicted molar refractivity (Wildman–Crippen MR) is 89.7 cm³/mol. The quantitative estimate of drug-likeness (QED) is 0.689. The zero-order valence-corrected chi connectivity index (χ0v) is 14.7. The van der Waals surface area contributed by atoms with Crippen LogP contribution in [0.15, 0.2) is 33.4 Å². The van der Waals surface area contributed by atoms with Crippen molar-refractivity contribution in [1.29, 1.82) is 0 Å². The van der Waals surface area contributed by atoms with Gasteiger partial charge in [0, 0.05) is 19.3 Å². The van der Waals surface area contributed by atoms with Gasteiger partial charge in [-0.2, -0.15) is 0 Å². The Morgan fingerprint density at radius 2 is 2.15 bits per heavy atom. The number of halogens is 2. The van der Waals surface area contributed by atoms with Gasteiger partial charge in [-0.25, -0.2) is 4.79 Å². The first-order valence-corrected chi connectivity index (χ1v) is 8.66. The Labute approximate surface area is 138 Å². The van der Waals surface area contributed by atoms with E-state index in [0.29, 0.717) is 6.54 Å². The Morgan fingerprint density at radius 1 is 1.35 bits per heavy atom. The van der Waals surface area contributed by atoms with Gasteiger partial charge in [0.1, 0.15) is 0 Å². The Balaban J connectivity index is 1.92. The van der Waals surface area contributed by atoms with Gasteiger partial charge in [-0.3, -0.25) is 0 Å². The van der Waals surface area contributed by atoms with Crippen LogP contribution in [0, 0.1) is 0 Å². The first-order valence-electron chi connectivity index (χ1n) is 6.07. The molecule has 0 spiro atoms. The average molecular weight is 416 g/mol. The van der Waals surface area contributed by atoms with Crippen LogP contribution in [0.4, 0.5) is 10.5 Å². The highest BCUT2D eigenvalue weighted by Crippen LogP contribution is 2.37. The lowest BCUT2D eigenvalue weighted by molar-refractivity contribution is 0.218. The van der Waals surface area contributed by atoms with Gasteiger partial charge in [-0.1, -0.05) is 28.1 Å². The Kier molecular flexibility index (Phi) is 3.88. The van der Waals surface area contributed by atoms with Crippen molar-refractivity contribution in [3.8, 4) is 0 Å². The van der Waals surface area contributed by atoms with Gasteiger partial charge in [-0.05, 0) is 50.1 Å². The molecule has 2 aromatic rings. The van der Waals surface area contributed by atoms with Crippen LogP contribution < -0.4 is 5.32 Å². The van der Waals surface area contributed by atoms with Crippen LogP contribution in [0.2, 0.25) is 0 Å². The van der Waals surface area contributed by atoms with Crippen molar-refractivity contribution in [2.75, 3.05) is 12.4 Å². The largest absolute Gasteiger partial charge is 0.323 e. The predicted octanol–water partition coefficient (Wildman–Crippen LogP) is 4.97. The molecule has 3 nitrogen and oxygen atoms in total. The van der Waals surface area contributed by atoms with Crippen LogP contribution in [0.5, 0.6) is 0 Å². The highest BCUT2D eigenvalue weighted by atomic mass is 79.9.